The van der Waals surface area contributed by atoms with Crippen LogP contribution in [0.1, 0.15) is 35.2 Å². The Morgan fingerprint density at radius 3 is 2.94 bits per heavy atom. The zero-order valence-electron chi connectivity index (χ0n) is 10.4. The first-order chi connectivity index (χ1) is 8.61. The molecule has 0 bridgehead atoms. The quantitative estimate of drug-likeness (QED) is 0.843. The summed E-state index contributed by atoms with van der Waals surface area (Å²) in [5.74, 6) is 0.599. The average Bonchev–Trinajstić information content (AvgIpc) is 2.79. The zero-order valence-corrected chi connectivity index (χ0v) is 12.0. The number of nitrogens with one attached hydrogen (secondary N) is 1. The van der Waals surface area contributed by atoms with E-state index < -0.39 is 0 Å². The van der Waals surface area contributed by atoms with E-state index in [2.05, 4.69) is 21.2 Å². The maximum atomic E-state index is 12.1. The molecule has 0 aliphatic heterocycles. The van der Waals surface area contributed by atoms with Gasteiger partial charge in [-0.05, 0) is 43.4 Å². The molecule has 0 radical (unpaired) electrons. The van der Waals surface area contributed by atoms with Gasteiger partial charge in [0.15, 0.2) is 0 Å². The largest absolute Gasteiger partial charge is 0.508 e. The van der Waals surface area contributed by atoms with Gasteiger partial charge in [0.1, 0.15) is 5.75 Å². The van der Waals surface area contributed by atoms with Crippen molar-refractivity contribution in [3.05, 3.63) is 29.3 Å². The van der Waals surface area contributed by atoms with Crippen molar-refractivity contribution in [2.24, 2.45) is 5.92 Å². The lowest BCUT2D eigenvalue weighted by Crippen LogP contribution is -2.37. The second-order valence-electron chi connectivity index (χ2n) is 4.93. The van der Waals surface area contributed by atoms with Crippen LogP contribution in [0.2, 0.25) is 0 Å². The fourth-order valence-electron chi connectivity index (χ4n) is 2.41. The number of rotatable bonds is 3. The van der Waals surface area contributed by atoms with Crippen molar-refractivity contribution >= 4 is 21.8 Å². The number of carbonyl (C=O) groups excluding carboxylic acids is 1. The van der Waals surface area contributed by atoms with E-state index in [9.17, 15) is 9.90 Å². The first-order valence-electron chi connectivity index (χ1n) is 6.28. The van der Waals surface area contributed by atoms with Crippen molar-refractivity contribution in [3.8, 4) is 5.75 Å². The number of alkyl halides is 1. The van der Waals surface area contributed by atoms with E-state index in [0.29, 0.717) is 11.5 Å². The molecule has 2 unspecified atom stereocenters. The number of halogens is 1. The lowest BCUT2D eigenvalue weighted by Gasteiger charge is -2.19. The standard InChI is InChI=1S/C14H18BrNO2/c1-9-5-6-10(7-13(9)17)14(18)16-12-4-2-3-11(12)8-15/h5-7,11-12,17H,2-4,8H2,1H3,(H,16,18). The summed E-state index contributed by atoms with van der Waals surface area (Å²) in [4.78, 5) is 12.1. The monoisotopic (exact) mass is 311 g/mol. The SMILES string of the molecule is Cc1ccc(C(=O)NC2CCCC2CBr)cc1O. The first-order valence-corrected chi connectivity index (χ1v) is 7.40. The first kappa shape index (κ1) is 13.4. The number of aryl methyl sites for hydroxylation is 1. The van der Waals surface area contributed by atoms with Gasteiger partial charge in [0.05, 0.1) is 0 Å². The second-order valence-corrected chi connectivity index (χ2v) is 5.57. The Hall–Kier alpha value is -1.03. The summed E-state index contributed by atoms with van der Waals surface area (Å²) in [5.41, 5.74) is 1.31. The number of hydrogen-bond donors (Lipinski definition) is 2. The molecule has 4 heteroatoms. The normalized spacial score (nSPS) is 23.0. The van der Waals surface area contributed by atoms with Gasteiger partial charge in [0.2, 0.25) is 0 Å². The number of phenols is 1. The van der Waals surface area contributed by atoms with Gasteiger partial charge in [-0.25, -0.2) is 0 Å². The summed E-state index contributed by atoms with van der Waals surface area (Å²) >= 11 is 3.49. The average molecular weight is 312 g/mol. The number of phenolic OH excluding ortho intramolecular Hbond substituents is 1. The molecular weight excluding hydrogens is 294 g/mol. The van der Waals surface area contributed by atoms with Crippen LogP contribution in [0, 0.1) is 12.8 Å². The van der Waals surface area contributed by atoms with Crippen molar-refractivity contribution in [2.45, 2.75) is 32.2 Å². The fraction of sp³-hybridized carbons (Fsp3) is 0.500. The number of hydrogen-bond acceptors (Lipinski definition) is 2. The minimum Gasteiger partial charge on any atom is -0.508 e. The summed E-state index contributed by atoms with van der Waals surface area (Å²) in [7, 11) is 0. The maximum Gasteiger partial charge on any atom is 0.251 e. The molecular formula is C14H18BrNO2. The summed E-state index contributed by atoms with van der Waals surface area (Å²) < 4.78 is 0. The smallest absolute Gasteiger partial charge is 0.251 e. The second kappa shape index (κ2) is 5.74. The van der Waals surface area contributed by atoms with Crippen molar-refractivity contribution in [3.63, 3.8) is 0 Å². The van der Waals surface area contributed by atoms with E-state index >= 15 is 0 Å². The predicted octanol–water partition coefficient (Wildman–Crippen LogP) is 2.99. The number of amides is 1. The fourth-order valence-corrected chi connectivity index (χ4v) is 3.19. The van der Waals surface area contributed by atoms with E-state index in [1.165, 1.54) is 12.5 Å². The Balaban J connectivity index is 2.05. The van der Waals surface area contributed by atoms with Gasteiger partial charge in [-0.3, -0.25) is 4.79 Å². The van der Waals surface area contributed by atoms with E-state index in [0.717, 1.165) is 23.7 Å². The molecule has 1 fully saturated rings. The number of aromatic hydroxyl groups is 1. The predicted molar refractivity (Wildman–Crippen MR) is 75.2 cm³/mol. The van der Waals surface area contributed by atoms with Gasteiger partial charge < -0.3 is 10.4 Å². The Morgan fingerprint density at radius 2 is 2.28 bits per heavy atom. The Bertz CT molecular complexity index is 447. The highest BCUT2D eigenvalue weighted by molar-refractivity contribution is 9.09. The molecule has 1 aliphatic rings. The summed E-state index contributed by atoms with van der Waals surface area (Å²) in [6, 6.07) is 5.30. The van der Waals surface area contributed by atoms with Crippen LogP contribution in [0.3, 0.4) is 0 Å². The highest BCUT2D eigenvalue weighted by atomic mass is 79.9. The lowest BCUT2D eigenvalue weighted by molar-refractivity contribution is 0.0930. The van der Waals surface area contributed by atoms with E-state index in [1.807, 2.05) is 6.92 Å². The minimum atomic E-state index is -0.0943. The van der Waals surface area contributed by atoms with Crippen molar-refractivity contribution in [1.29, 1.82) is 0 Å². The van der Waals surface area contributed by atoms with Crippen LogP contribution in [-0.2, 0) is 0 Å². The molecule has 18 heavy (non-hydrogen) atoms. The highest BCUT2D eigenvalue weighted by Crippen LogP contribution is 2.27. The molecule has 1 amide bonds. The minimum absolute atomic E-state index is 0.0943. The van der Waals surface area contributed by atoms with Gasteiger partial charge in [-0.2, -0.15) is 0 Å². The van der Waals surface area contributed by atoms with Crippen molar-refractivity contribution < 1.29 is 9.90 Å². The van der Waals surface area contributed by atoms with Crippen molar-refractivity contribution in [1.82, 2.24) is 5.32 Å². The molecule has 0 heterocycles. The molecule has 2 atom stereocenters. The third kappa shape index (κ3) is 2.86. The molecule has 0 saturated heterocycles. The van der Waals surface area contributed by atoms with Crippen LogP contribution >= 0.6 is 15.9 Å². The van der Waals surface area contributed by atoms with Gasteiger partial charge in [0.25, 0.3) is 5.91 Å². The van der Waals surface area contributed by atoms with Crippen LogP contribution < -0.4 is 5.32 Å². The van der Waals surface area contributed by atoms with Gasteiger partial charge in [0, 0.05) is 16.9 Å². The summed E-state index contributed by atoms with van der Waals surface area (Å²) in [6.07, 6.45) is 3.37. The number of carbonyl (C=O) groups is 1. The van der Waals surface area contributed by atoms with E-state index in [4.69, 9.17) is 0 Å². The van der Waals surface area contributed by atoms with Crippen LogP contribution in [0.25, 0.3) is 0 Å². The zero-order chi connectivity index (χ0) is 13.1. The highest BCUT2D eigenvalue weighted by Gasteiger charge is 2.27. The third-order valence-electron chi connectivity index (χ3n) is 3.65. The summed E-state index contributed by atoms with van der Waals surface area (Å²) in [6.45, 7) is 1.81. The van der Waals surface area contributed by atoms with Gasteiger partial charge in [-0.1, -0.05) is 28.4 Å². The molecule has 1 aromatic carbocycles. The summed E-state index contributed by atoms with van der Waals surface area (Å²) in [5, 5.41) is 13.6. The molecule has 98 valence electrons. The third-order valence-corrected chi connectivity index (χ3v) is 4.48. The van der Waals surface area contributed by atoms with Gasteiger partial charge in [-0.15, -0.1) is 0 Å². The molecule has 2 N–H and O–H groups in total. The van der Waals surface area contributed by atoms with Crippen LogP contribution in [-0.4, -0.2) is 22.4 Å². The molecule has 1 saturated carbocycles. The maximum absolute atomic E-state index is 12.1. The Kier molecular flexibility index (Phi) is 4.27. The molecule has 2 rings (SSSR count). The van der Waals surface area contributed by atoms with E-state index in [-0.39, 0.29) is 17.7 Å². The molecule has 1 aliphatic carbocycles. The molecule has 0 spiro atoms. The molecule has 3 nitrogen and oxygen atoms in total. The Labute approximate surface area is 116 Å². The number of benzene rings is 1. The lowest BCUT2D eigenvalue weighted by atomic mass is 10.1. The van der Waals surface area contributed by atoms with Crippen LogP contribution in [0.5, 0.6) is 5.75 Å². The van der Waals surface area contributed by atoms with Crippen molar-refractivity contribution in [2.75, 3.05) is 5.33 Å². The van der Waals surface area contributed by atoms with Gasteiger partial charge >= 0.3 is 0 Å². The molecule has 0 aromatic heterocycles. The topological polar surface area (TPSA) is 49.3 Å². The van der Waals surface area contributed by atoms with E-state index in [1.54, 1.807) is 12.1 Å². The molecule has 1 aromatic rings. The van der Waals surface area contributed by atoms with Crippen LogP contribution in [0.15, 0.2) is 18.2 Å². The Morgan fingerprint density at radius 1 is 1.50 bits per heavy atom. The van der Waals surface area contributed by atoms with Crippen LogP contribution in [0.4, 0.5) is 0 Å².